The number of benzene rings is 2. The van der Waals surface area contributed by atoms with Crippen LogP contribution in [0.25, 0.3) is 10.8 Å². The fraction of sp³-hybridized carbons (Fsp3) is 0.421. The zero-order chi connectivity index (χ0) is 16.8. The SMILES string of the molecule is COCCNCC(=O)NC1CCCOc2c1ccc1ccccc21. The monoisotopic (exact) mass is 328 g/mol. The van der Waals surface area contributed by atoms with Crippen LogP contribution < -0.4 is 15.4 Å². The van der Waals surface area contributed by atoms with Gasteiger partial charge in [-0.1, -0.05) is 36.4 Å². The summed E-state index contributed by atoms with van der Waals surface area (Å²) < 4.78 is 11.0. The minimum atomic E-state index is -0.0103. The van der Waals surface area contributed by atoms with Crippen molar-refractivity contribution in [3.8, 4) is 5.75 Å². The van der Waals surface area contributed by atoms with Gasteiger partial charge < -0.3 is 20.1 Å². The molecule has 1 aliphatic rings. The van der Waals surface area contributed by atoms with E-state index in [4.69, 9.17) is 9.47 Å². The van der Waals surface area contributed by atoms with Crippen molar-refractivity contribution in [2.24, 2.45) is 0 Å². The van der Waals surface area contributed by atoms with Gasteiger partial charge in [0.25, 0.3) is 0 Å². The Labute approximate surface area is 142 Å². The average Bonchev–Trinajstić information content (AvgIpc) is 2.81. The van der Waals surface area contributed by atoms with Gasteiger partial charge in [-0.2, -0.15) is 0 Å². The van der Waals surface area contributed by atoms with Gasteiger partial charge >= 0.3 is 0 Å². The summed E-state index contributed by atoms with van der Waals surface area (Å²) in [5, 5.41) is 8.47. The highest BCUT2D eigenvalue weighted by molar-refractivity contribution is 5.90. The number of amides is 1. The smallest absolute Gasteiger partial charge is 0.234 e. The van der Waals surface area contributed by atoms with Crippen LogP contribution in [0.15, 0.2) is 36.4 Å². The average molecular weight is 328 g/mol. The lowest BCUT2D eigenvalue weighted by Crippen LogP contribution is -2.37. The van der Waals surface area contributed by atoms with E-state index in [0.29, 0.717) is 26.3 Å². The van der Waals surface area contributed by atoms with E-state index >= 15 is 0 Å². The summed E-state index contributed by atoms with van der Waals surface area (Å²) >= 11 is 0. The van der Waals surface area contributed by atoms with Gasteiger partial charge in [0.2, 0.25) is 5.91 Å². The molecule has 0 radical (unpaired) electrons. The van der Waals surface area contributed by atoms with Crippen molar-refractivity contribution in [3.05, 3.63) is 42.0 Å². The van der Waals surface area contributed by atoms with Crippen molar-refractivity contribution in [2.45, 2.75) is 18.9 Å². The molecule has 2 aromatic carbocycles. The van der Waals surface area contributed by atoms with Gasteiger partial charge in [-0.25, -0.2) is 0 Å². The Morgan fingerprint density at radius 2 is 2.17 bits per heavy atom. The third kappa shape index (κ3) is 3.86. The molecule has 1 aliphatic heterocycles. The zero-order valence-electron chi connectivity index (χ0n) is 14.0. The van der Waals surface area contributed by atoms with Crippen LogP contribution in [0, 0.1) is 0 Å². The Hall–Kier alpha value is -2.11. The predicted octanol–water partition coefficient (Wildman–Crippen LogP) is 2.41. The number of methoxy groups -OCH3 is 1. The van der Waals surface area contributed by atoms with Gasteiger partial charge in [0, 0.05) is 24.6 Å². The maximum absolute atomic E-state index is 12.2. The Morgan fingerprint density at radius 1 is 1.29 bits per heavy atom. The molecule has 0 saturated heterocycles. The van der Waals surface area contributed by atoms with E-state index in [1.165, 1.54) is 0 Å². The molecule has 1 unspecified atom stereocenters. The van der Waals surface area contributed by atoms with E-state index in [1.54, 1.807) is 7.11 Å². The number of rotatable bonds is 6. The van der Waals surface area contributed by atoms with E-state index < -0.39 is 0 Å². The molecule has 128 valence electrons. The highest BCUT2D eigenvalue weighted by atomic mass is 16.5. The molecule has 3 rings (SSSR count). The lowest BCUT2D eigenvalue weighted by molar-refractivity contribution is -0.121. The molecule has 1 amide bonds. The normalized spacial score (nSPS) is 17.0. The molecular weight excluding hydrogens is 304 g/mol. The van der Waals surface area contributed by atoms with Crippen molar-refractivity contribution in [2.75, 3.05) is 33.4 Å². The fourth-order valence-electron chi connectivity index (χ4n) is 3.08. The van der Waals surface area contributed by atoms with Crippen LogP contribution >= 0.6 is 0 Å². The van der Waals surface area contributed by atoms with Gasteiger partial charge in [-0.15, -0.1) is 0 Å². The lowest BCUT2D eigenvalue weighted by atomic mass is 9.98. The van der Waals surface area contributed by atoms with E-state index in [1.807, 2.05) is 12.1 Å². The number of carbonyl (C=O) groups excluding carboxylic acids is 1. The Kier molecular flexibility index (Phi) is 5.67. The molecule has 0 bridgehead atoms. The molecule has 0 aromatic heterocycles. The second-order valence-electron chi connectivity index (χ2n) is 5.99. The van der Waals surface area contributed by atoms with Crippen LogP contribution in [0.1, 0.15) is 24.4 Å². The van der Waals surface area contributed by atoms with Gasteiger partial charge in [-0.05, 0) is 18.2 Å². The van der Waals surface area contributed by atoms with Crippen LogP contribution in [-0.4, -0.2) is 39.3 Å². The predicted molar refractivity (Wildman–Crippen MR) is 94.3 cm³/mol. The molecule has 0 spiro atoms. The Bertz CT molecular complexity index is 702. The van der Waals surface area contributed by atoms with E-state index in [9.17, 15) is 4.79 Å². The molecule has 5 nitrogen and oxygen atoms in total. The number of ether oxygens (including phenoxy) is 2. The van der Waals surface area contributed by atoms with Gasteiger partial charge in [0.15, 0.2) is 0 Å². The quantitative estimate of drug-likeness (QED) is 0.800. The molecule has 5 heteroatoms. The maximum Gasteiger partial charge on any atom is 0.234 e. The van der Waals surface area contributed by atoms with E-state index in [2.05, 4.69) is 34.9 Å². The summed E-state index contributed by atoms with van der Waals surface area (Å²) in [5.41, 5.74) is 1.07. The minimum absolute atomic E-state index is 0.00267. The molecular formula is C19H24N2O3. The summed E-state index contributed by atoms with van der Waals surface area (Å²) in [4.78, 5) is 12.2. The summed E-state index contributed by atoms with van der Waals surface area (Å²) in [5.74, 6) is 0.903. The van der Waals surface area contributed by atoms with Crippen molar-refractivity contribution in [1.29, 1.82) is 0 Å². The Balaban J connectivity index is 1.76. The number of nitrogens with one attached hydrogen (secondary N) is 2. The zero-order valence-corrected chi connectivity index (χ0v) is 14.0. The summed E-state index contributed by atoms with van der Waals surface area (Å²) in [6.07, 6.45) is 1.81. The Morgan fingerprint density at radius 3 is 3.04 bits per heavy atom. The molecule has 0 aliphatic carbocycles. The van der Waals surface area contributed by atoms with Crippen LogP contribution in [0.4, 0.5) is 0 Å². The van der Waals surface area contributed by atoms with Crippen LogP contribution in [0.5, 0.6) is 5.75 Å². The van der Waals surface area contributed by atoms with Gasteiger partial charge in [0.05, 0.1) is 25.8 Å². The molecule has 24 heavy (non-hydrogen) atoms. The van der Waals surface area contributed by atoms with Gasteiger partial charge in [0.1, 0.15) is 5.75 Å². The number of carbonyl (C=O) groups is 1. The largest absolute Gasteiger partial charge is 0.493 e. The van der Waals surface area contributed by atoms with E-state index in [-0.39, 0.29) is 11.9 Å². The number of hydrogen-bond donors (Lipinski definition) is 2. The minimum Gasteiger partial charge on any atom is -0.493 e. The first-order chi connectivity index (χ1) is 11.8. The number of fused-ring (bicyclic) bond motifs is 3. The van der Waals surface area contributed by atoms with Crippen LogP contribution in [-0.2, 0) is 9.53 Å². The maximum atomic E-state index is 12.2. The molecule has 2 N–H and O–H groups in total. The summed E-state index contributed by atoms with van der Waals surface area (Å²) in [6.45, 7) is 2.24. The van der Waals surface area contributed by atoms with Crippen molar-refractivity contribution < 1.29 is 14.3 Å². The molecule has 0 saturated carbocycles. The van der Waals surface area contributed by atoms with Crippen molar-refractivity contribution in [3.63, 3.8) is 0 Å². The van der Waals surface area contributed by atoms with Crippen molar-refractivity contribution in [1.82, 2.24) is 10.6 Å². The molecule has 1 heterocycles. The van der Waals surface area contributed by atoms with Crippen LogP contribution in [0.2, 0.25) is 0 Å². The standard InChI is InChI=1S/C19H24N2O3/c1-23-12-10-20-13-18(22)21-17-7-4-11-24-19-15-6-3-2-5-14(15)8-9-16(17)19/h2-3,5-6,8-9,17,20H,4,7,10-13H2,1H3,(H,21,22). The highest BCUT2D eigenvalue weighted by Crippen LogP contribution is 2.37. The second-order valence-corrected chi connectivity index (χ2v) is 5.99. The fourth-order valence-corrected chi connectivity index (χ4v) is 3.08. The van der Waals surface area contributed by atoms with Crippen molar-refractivity contribution >= 4 is 16.7 Å². The van der Waals surface area contributed by atoms with Crippen LogP contribution in [0.3, 0.4) is 0 Å². The molecule has 2 aromatic rings. The second kappa shape index (κ2) is 8.13. The van der Waals surface area contributed by atoms with Gasteiger partial charge in [-0.3, -0.25) is 4.79 Å². The first-order valence-corrected chi connectivity index (χ1v) is 8.43. The third-order valence-electron chi connectivity index (χ3n) is 4.27. The number of hydrogen-bond acceptors (Lipinski definition) is 4. The van der Waals surface area contributed by atoms with E-state index in [0.717, 1.165) is 34.9 Å². The summed E-state index contributed by atoms with van der Waals surface area (Å²) in [7, 11) is 1.65. The third-order valence-corrected chi connectivity index (χ3v) is 4.27. The highest BCUT2D eigenvalue weighted by Gasteiger charge is 2.22. The lowest BCUT2D eigenvalue weighted by Gasteiger charge is -2.19. The first kappa shape index (κ1) is 16.7. The molecule has 0 fully saturated rings. The summed E-state index contributed by atoms with van der Waals surface area (Å²) in [6, 6.07) is 12.4. The molecule has 1 atom stereocenters. The first-order valence-electron chi connectivity index (χ1n) is 8.43. The topological polar surface area (TPSA) is 59.6 Å².